The van der Waals surface area contributed by atoms with Gasteiger partial charge in [-0.1, -0.05) is 0 Å². The molecule has 93 heavy (non-hydrogen) atoms. The molecule has 18 N–H and O–H groups in total. The van der Waals surface area contributed by atoms with Crippen LogP contribution in [0, 0.1) is 0 Å². The summed E-state index contributed by atoms with van der Waals surface area (Å²) in [6.45, 7) is 0. The van der Waals surface area contributed by atoms with Crippen LogP contribution in [0.2, 0.25) is 0 Å². The molecule has 0 amide bonds. The smallest absolute Gasteiger partial charge is 0.338 e. The molecule has 29 heteroatoms. The third-order valence-electron chi connectivity index (χ3n) is 15.9. The van der Waals surface area contributed by atoms with Crippen molar-refractivity contribution in [3.63, 3.8) is 0 Å². The van der Waals surface area contributed by atoms with E-state index in [1.54, 1.807) is 0 Å². The predicted molar refractivity (Wildman–Crippen MR) is 311 cm³/mol. The van der Waals surface area contributed by atoms with Gasteiger partial charge in [0.2, 0.25) is 10.9 Å². The maximum Gasteiger partial charge on any atom is 0.338 e. The standard InChI is InChI=1S/C64H46O29/c65-24-9-34(68)31-17-48(91-63(86)22-5-37(71)53(79)38(72)6-22)59(88-45(31)12-24)20-1-27-29(15-43(77)57(83)51(27)55(81)41(75)3-20)60-49(18-32-35(69)10-25(66)13-46(32)89-60)92-62(85)21-2-28-30(16-44(78)58(84)52(28)56(82)42(76)4-21)61-50(19-33-36(70)11-26(67)14-47(33)90-61)93-64(87)23-7-39(73)54(80)40(74)8-23/h1-16,48-50,59-61,65-74,77-80,83-84H,17-19H2,(H,75,81)(H,76,82)/t48-,49-,50-,59-,60-,61-/m1/s1. The molecule has 3 aliphatic heterocycles. The Hall–Kier alpha value is -13.0. The topological polar surface area (TPSA) is 505 Å². The summed E-state index contributed by atoms with van der Waals surface area (Å²) in [5.74, 6) is -21.2. The third kappa shape index (κ3) is 10.5. The van der Waals surface area contributed by atoms with Crippen molar-refractivity contribution in [2.75, 3.05) is 0 Å². The minimum absolute atomic E-state index is 0.0611. The monoisotopic (exact) mass is 1280 g/mol. The number of hydrogen-bond acceptors (Lipinski definition) is 29. The second-order valence-electron chi connectivity index (χ2n) is 21.8. The van der Waals surface area contributed by atoms with Crippen molar-refractivity contribution in [2.24, 2.45) is 0 Å². The Kier molecular flexibility index (Phi) is 14.4. The van der Waals surface area contributed by atoms with E-state index in [4.69, 9.17) is 28.4 Å². The van der Waals surface area contributed by atoms with Gasteiger partial charge in [-0.25, -0.2) is 14.4 Å². The van der Waals surface area contributed by atoms with Gasteiger partial charge in [-0.15, -0.1) is 0 Å². The van der Waals surface area contributed by atoms with Crippen molar-refractivity contribution < 1.29 is 135 Å². The van der Waals surface area contributed by atoms with Crippen LogP contribution < -0.4 is 25.1 Å². The normalized spacial score (nSPS) is 17.9. The molecule has 6 atom stereocenters. The molecule has 0 aromatic heterocycles. The van der Waals surface area contributed by atoms with Crippen LogP contribution in [0.4, 0.5) is 0 Å². The number of phenols is 16. The highest BCUT2D eigenvalue weighted by Crippen LogP contribution is 2.51. The lowest BCUT2D eigenvalue weighted by Crippen LogP contribution is -2.35. The summed E-state index contributed by atoms with van der Waals surface area (Å²) < 4.78 is 36.6. The maximum absolute atomic E-state index is 15.1. The van der Waals surface area contributed by atoms with Gasteiger partial charge in [-0.2, -0.15) is 0 Å². The van der Waals surface area contributed by atoms with Gasteiger partial charge in [0.15, 0.2) is 87.3 Å². The highest BCUT2D eigenvalue weighted by molar-refractivity contribution is 6.00. The fourth-order valence-electron chi connectivity index (χ4n) is 11.5. The number of benzene rings is 7. The summed E-state index contributed by atoms with van der Waals surface area (Å²) in [7, 11) is 0. The minimum Gasteiger partial charge on any atom is -0.508 e. The SMILES string of the molecule is O=C(O[C@@H]1Cc2c(O)cc(O)cc2O[C@@H]1c1cc(O)c(=O)c2c(O)c(O)cc([C@H]3Oc4cc(O)cc(O)c4C[C@H]3OC(=O)c3cc(O)c(=O)c4c(O)c(O)cc([C@H]5Oc6cc(O)cc(O)c6C[C@H]5OC(=O)c5cc(O)c(O)c(O)c5)c4c3)c2c1)c1cc(O)c(O)c(O)c1. The molecule has 3 heterocycles. The van der Waals surface area contributed by atoms with E-state index in [0.29, 0.717) is 6.07 Å². The molecular weight excluding hydrogens is 1230 g/mol. The Morgan fingerprint density at radius 1 is 0.323 bits per heavy atom. The quantitative estimate of drug-likeness (QED) is 0.0439. The maximum atomic E-state index is 15.1. The zero-order chi connectivity index (χ0) is 66.7. The highest BCUT2D eigenvalue weighted by atomic mass is 16.6. The molecule has 29 nitrogen and oxygen atoms in total. The summed E-state index contributed by atoms with van der Waals surface area (Å²) in [6.07, 6.45) is -12.3. The van der Waals surface area contributed by atoms with E-state index in [2.05, 4.69) is 0 Å². The number of ether oxygens (including phenoxy) is 6. The molecule has 9 aromatic carbocycles. The van der Waals surface area contributed by atoms with Gasteiger partial charge in [-0.3, -0.25) is 9.59 Å². The Bertz CT molecular complexity index is 4840. The van der Waals surface area contributed by atoms with Gasteiger partial charge >= 0.3 is 17.9 Å². The lowest BCUT2D eigenvalue weighted by atomic mass is 9.89. The molecule has 3 aliphatic rings. The lowest BCUT2D eigenvalue weighted by molar-refractivity contribution is -0.0194. The number of carbonyl (C=O) groups is 3. The average molecular weight is 1280 g/mol. The Balaban J connectivity index is 1.00. The number of carbonyl (C=O) groups excluding carboxylic acids is 3. The van der Waals surface area contributed by atoms with Gasteiger partial charge in [0, 0.05) is 89.0 Å². The molecule has 0 saturated carbocycles. The first-order valence-corrected chi connectivity index (χ1v) is 27.3. The molecule has 0 unspecified atom stereocenters. The minimum atomic E-state index is -1.91. The number of fused-ring (bicyclic) bond motifs is 5. The van der Waals surface area contributed by atoms with Crippen molar-refractivity contribution in [1.29, 1.82) is 0 Å². The van der Waals surface area contributed by atoms with Crippen LogP contribution in [0.5, 0.6) is 121 Å². The van der Waals surface area contributed by atoms with Crippen molar-refractivity contribution in [3.8, 4) is 121 Å². The average Bonchev–Trinajstić information content (AvgIpc) is 1.75. The van der Waals surface area contributed by atoms with Crippen LogP contribution in [0.1, 0.15) is 82.8 Å². The van der Waals surface area contributed by atoms with E-state index >= 15 is 4.79 Å². The van der Waals surface area contributed by atoms with E-state index in [9.17, 15) is 111 Å². The first-order chi connectivity index (χ1) is 44.0. The lowest BCUT2D eigenvalue weighted by Gasteiger charge is -2.35. The molecule has 0 fully saturated rings. The predicted octanol–water partition coefficient (Wildman–Crippen LogP) is 6.12. The van der Waals surface area contributed by atoms with E-state index < -0.39 is 238 Å². The van der Waals surface area contributed by atoms with Crippen molar-refractivity contribution in [2.45, 2.75) is 55.9 Å². The molecule has 0 spiro atoms. The fourth-order valence-corrected chi connectivity index (χ4v) is 11.5. The summed E-state index contributed by atoms with van der Waals surface area (Å²) >= 11 is 0. The summed E-state index contributed by atoms with van der Waals surface area (Å²) in [6, 6.07) is 13.7. The van der Waals surface area contributed by atoms with Gasteiger partial charge in [-0.05, 0) is 71.4 Å². The van der Waals surface area contributed by atoms with E-state index in [1.807, 2.05) is 0 Å². The number of rotatable bonds is 9. The molecule has 476 valence electrons. The van der Waals surface area contributed by atoms with Crippen LogP contribution in [-0.4, -0.2) is 128 Å². The zero-order valence-corrected chi connectivity index (χ0v) is 46.9. The number of hydrogen-bond donors (Lipinski definition) is 18. The third-order valence-corrected chi connectivity index (χ3v) is 15.9. The van der Waals surface area contributed by atoms with Crippen LogP contribution in [-0.2, 0) is 33.5 Å². The Morgan fingerprint density at radius 2 is 0.624 bits per heavy atom. The summed E-state index contributed by atoms with van der Waals surface area (Å²) in [5, 5.41) is 192. The van der Waals surface area contributed by atoms with Crippen molar-refractivity contribution >= 4 is 39.5 Å². The fraction of sp³-hybridized carbons (Fsp3) is 0.141. The molecule has 0 radical (unpaired) electrons. The zero-order valence-electron chi connectivity index (χ0n) is 46.9. The molecule has 0 saturated heterocycles. The van der Waals surface area contributed by atoms with Gasteiger partial charge in [0.05, 0.1) is 27.5 Å². The van der Waals surface area contributed by atoms with Gasteiger partial charge in [0.1, 0.15) is 70.1 Å². The molecule has 9 aromatic rings. The van der Waals surface area contributed by atoms with Gasteiger partial charge < -0.3 is 120 Å². The molecule has 12 rings (SSSR count). The number of aromatic hydroxyl groups is 18. The van der Waals surface area contributed by atoms with Crippen molar-refractivity contribution in [3.05, 3.63) is 168 Å². The summed E-state index contributed by atoms with van der Waals surface area (Å²) in [5.41, 5.74) is -6.25. The van der Waals surface area contributed by atoms with E-state index in [-0.39, 0.29) is 39.5 Å². The molecular formula is C64H46O29. The molecule has 0 aliphatic carbocycles. The number of phenolic OH excluding ortho intramolecular Hbond substituents is 16. The second-order valence-corrected chi connectivity index (χ2v) is 21.8. The van der Waals surface area contributed by atoms with Crippen LogP contribution in [0.3, 0.4) is 0 Å². The Morgan fingerprint density at radius 3 is 1.00 bits per heavy atom. The van der Waals surface area contributed by atoms with Crippen LogP contribution >= 0.6 is 0 Å². The Labute approximate surface area is 516 Å². The molecule has 0 bridgehead atoms. The van der Waals surface area contributed by atoms with Crippen LogP contribution in [0.25, 0.3) is 21.5 Å². The van der Waals surface area contributed by atoms with E-state index in [0.717, 1.165) is 91.0 Å². The van der Waals surface area contributed by atoms with Crippen molar-refractivity contribution in [1.82, 2.24) is 0 Å². The largest absolute Gasteiger partial charge is 0.508 e. The van der Waals surface area contributed by atoms with Crippen LogP contribution in [0.15, 0.2) is 107 Å². The first-order valence-electron chi connectivity index (χ1n) is 27.3. The van der Waals surface area contributed by atoms with E-state index in [1.165, 1.54) is 0 Å². The number of esters is 3. The second kappa shape index (κ2) is 22.3. The van der Waals surface area contributed by atoms with Gasteiger partial charge in [0.25, 0.3) is 0 Å². The summed E-state index contributed by atoms with van der Waals surface area (Å²) in [4.78, 5) is 71.5. The highest BCUT2D eigenvalue weighted by Gasteiger charge is 2.43. The first kappa shape index (κ1) is 60.3.